The summed E-state index contributed by atoms with van der Waals surface area (Å²) in [5.74, 6) is 0. The summed E-state index contributed by atoms with van der Waals surface area (Å²) in [6.45, 7) is 8.28. The maximum atomic E-state index is 4.19. The van der Waals surface area contributed by atoms with Crippen LogP contribution in [-0.4, -0.2) is 21.5 Å². The molecule has 1 N–H and O–H groups in total. The maximum absolute atomic E-state index is 4.19. The first kappa shape index (κ1) is 14.7. The molecule has 1 aromatic heterocycles. The summed E-state index contributed by atoms with van der Waals surface area (Å²) in [5.41, 5.74) is 3.77. The summed E-state index contributed by atoms with van der Waals surface area (Å²) in [6.07, 6.45) is 4.00. The minimum atomic E-state index is 0.160. The van der Waals surface area contributed by atoms with Crippen molar-refractivity contribution < 1.29 is 0 Å². The first-order valence-electron chi connectivity index (χ1n) is 7.50. The van der Waals surface area contributed by atoms with Gasteiger partial charge in [0.2, 0.25) is 0 Å². The number of rotatable bonds is 7. The molecule has 108 valence electrons. The Labute approximate surface area is 121 Å². The zero-order valence-electron chi connectivity index (χ0n) is 12.6. The molecule has 2 rings (SSSR count). The van der Waals surface area contributed by atoms with Crippen LogP contribution in [0.25, 0.3) is 0 Å². The standard InChI is InChI=1S/C16H24N4/c1-4-11-20-15(12-18-19-20)16(17-6-3)14-9-7-13(5-2)8-10-14/h7-10,12,16-17H,4-6,11H2,1-3H3. The Morgan fingerprint density at radius 3 is 2.50 bits per heavy atom. The van der Waals surface area contributed by atoms with Gasteiger partial charge in [0.1, 0.15) is 0 Å². The van der Waals surface area contributed by atoms with Crippen molar-refractivity contribution in [1.82, 2.24) is 20.3 Å². The zero-order valence-corrected chi connectivity index (χ0v) is 12.6. The normalized spacial score (nSPS) is 12.6. The van der Waals surface area contributed by atoms with Crippen molar-refractivity contribution in [3.8, 4) is 0 Å². The van der Waals surface area contributed by atoms with Crippen LogP contribution in [0, 0.1) is 0 Å². The van der Waals surface area contributed by atoms with E-state index in [9.17, 15) is 0 Å². The largest absolute Gasteiger partial charge is 0.305 e. The number of hydrogen-bond acceptors (Lipinski definition) is 3. The van der Waals surface area contributed by atoms with Crippen LogP contribution >= 0.6 is 0 Å². The van der Waals surface area contributed by atoms with E-state index in [1.54, 1.807) is 0 Å². The fourth-order valence-electron chi connectivity index (χ4n) is 2.42. The molecule has 0 saturated heterocycles. The van der Waals surface area contributed by atoms with Crippen LogP contribution in [0.3, 0.4) is 0 Å². The van der Waals surface area contributed by atoms with Gasteiger partial charge in [0.15, 0.2) is 0 Å². The number of nitrogens with zero attached hydrogens (tertiary/aromatic N) is 3. The van der Waals surface area contributed by atoms with Gasteiger partial charge in [-0.05, 0) is 30.5 Å². The van der Waals surface area contributed by atoms with Crippen molar-refractivity contribution in [2.24, 2.45) is 0 Å². The highest BCUT2D eigenvalue weighted by molar-refractivity contribution is 5.30. The summed E-state index contributed by atoms with van der Waals surface area (Å²) in [5, 5.41) is 11.8. The fourth-order valence-corrected chi connectivity index (χ4v) is 2.42. The first-order chi connectivity index (χ1) is 9.80. The van der Waals surface area contributed by atoms with Gasteiger partial charge in [-0.15, -0.1) is 5.10 Å². The van der Waals surface area contributed by atoms with Gasteiger partial charge in [-0.2, -0.15) is 0 Å². The van der Waals surface area contributed by atoms with Crippen molar-refractivity contribution in [3.63, 3.8) is 0 Å². The van der Waals surface area contributed by atoms with Crippen LogP contribution in [0.4, 0.5) is 0 Å². The highest BCUT2D eigenvalue weighted by atomic mass is 15.4. The van der Waals surface area contributed by atoms with Gasteiger partial charge in [0, 0.05) is 6.54 Å². The molecular formula is C16H24N4. The van der Waals surface area contributed by atoms with Gasteiger partial charge < -0.3 is 5.32 Å². The van der Waals surface area contributed by atoms with Crippen LogP contribution in [0.5, 0.6) is 0 Å². The summed E-state index contributed by atoms with van der Waals surface area (Å²) >= 11 is 0. The van der Waals surface area contributed by atoms with Gasteiger partial charge in [0.05, 0.1) is 17.9 Å². The second-order valence-corrected chi connectivity index (χ2v) is 4.97. The molecule has 1 atom stereocenters. The number of aryl methyl sites for hydroxylation is 2. The minimum Gasteiger partial charge on any atom is -0.305 e. The topological polar surface area (TPSA) is 42.7 Å². The highest BCUT2D eigenvalue weighted by Gasteiger charge is 2.17. The van der Waals surface area contributed by atoms with E-state index in [2.05, 4.69) is 60.7 Å². The molecule has 0 fully saturated rings. The van der Waals surface area contributed by atoms with Crippen molar-refractivity contribution in [2.45, 2.75) is 46.2 Å². The second kappa shape index (κ2) is 7.20. The molecule has 20 heavy (non-hydrogen) atoms. The lowest BCUT2D eigenvalue weighted by atomic mass is 10.0. The summed E-state index contributed by atoms with van der Waals surface area (Å²) in [6, 6.07) is 8.97. The van der Waals surface area contributed by atoms with Gasteiger partial charge in [-0.25, -0.2) is 4.68 Å². The number of nitrogens with one attached hydrogen (secondary N) is 1. The molecule has 0 aliphatic carbocycles. The Bertz CT molecular complexity index is 516. The summed E-state index contributed by atoms with van der Waals surface area (Å²) in [7, 11) is 0. The highest BCUT2D eigenvalue weighted by Crippen LogP contribution is 2.22. The van der Waals surface area contributed by atoms with Crippen LogP contribution < -0.4 is 5.32 Å². The van der Waals surface area contributed by atoms with Crippen LogP contribution in [0.15, 0.2) is 30.5 Å². The molecule has 1 unspecified atom stereocenters. The monoisotopic (exact) mass is 272 g/mol. The molecule has 0 radical (unpaired) electrons. The molecule has 0 aliphatic rings. The predicted molar refractivity (Wildman–Crippen MR) is 81.7 cm³/mol. The lowest BCUT2D eigenvalue weighted by Gasteiger charge is -2.19. The molecule has 1 heterocycles. The number of hydrogen-bond donors (Lipinski definition) is 1. The third-order valence-electron chi connectivity index (χ3n) is 3.51. The number of benzene rings is 1. The molecule has 2 aromatic rings. The van der Waals surface area contributed by atoms with E-state index < -0.39 is 0 Å². The lowest BCUT2D eigenvalue weighted by molar-refractivity contribution is 0.511. The third-order valence-corrected chi connectivity index (χ3v) is 3.51. The molecule has 4 nitrogen and oxygen atoms in total. The van der Waals surface area contributed by atoms with E-state index in [0.717, 1.165) is 31.6 Å². The minimum absolute atomic E-state index is 0.160. The SMILES string of the molecule is CCCn1nncc1C(NCC)c1ccc(CC)cc1. The Kier molecular flexibility index (Phi) is 5.30. The molecule has 1 aromatic carbocycles. The Hall–Kier alpha value is -1.68. The first-order valence-corrected chi connectivity index (χ1v) is 7.50. The molecular weight excluding hydrogens is 248 g/mol. The second-order valence-electron chi connectivity index (χ2n) is 4.97. The predicted octanol–water partition coefficient (Wildman–Crippen LogP) is 2.95. The van der Waals surface area contributed by atoms with Crippen molar-refractivity contribution in [3.05, 3.63) is 47.3 Å². The van der Waals surface area contributed by atoms with Crippen molar-refractivity contribution in [2.75, 3.05) is 6.54 Å². The van der Waals surface area contributed by atoms with E-state index in [-0.39, 0.29) is 6.04 Å². The summed E-state index contributed by atoms with van der Waals surface area (Å²) < 4.78 is 2.00. The molecule has 0 saturated carbocycles. The molecule has 0 amide bonds. The lowest BCUT2D eigenvalue weighted by Crippen LogP contribution is -2.25. The summed E-state index contributed by atoms with van der Waals surface area (Å²) in [4.78, 5) is 0. The molecule has 0 bridgehead atoms. The van der Waals surface area contributed by atoms with E-state index >= 15 is 0 Å². The van der Waals surface area contributed by atoms with Crippen LogP contribution in [0.1, 0.15) is 50.1 Å². The fraction of sp³-hybridized carbons (Fsp3) is 0.500. The molecule has 4 heteroatoms. The average Bonchev–Trinajstić information content (AvgIpc) is 2.93. The zero-order chi connectivity index (χ0) is 14.4. The number of aromatic nitrogens is 3. The quantitative estimate of drug-likeness (QED) is 0.842. The van der Waals surface area contributed by atoms with Crippen LogP contribution in [-0.2, 0) is 13.0 Å². The van der Waals surface area contributed by atoms with Gasteiger partial charge in [0.25, 0.3) is 0 Å². The van der Waals surface area contributed by atoms with E-state index in [0.29, 0.717) is 0 Å². The third kappa shape index (κ3) is 3.25. The van der Waals surface area contributed by atoms with E-state index in [1.807, 2.05) is 10.9 Å². The van der Waals surface area contributed by atoms with Crippen molar-refractivity contribution >= 4 is 0 Å². The maximum Gasteiger partial charge on any atom is 0.0801 e. The van der Waals surface area contributed by atoms with Gasteiger partial charge in [-0.3, -0.25) is 0 Å². The smallest absolute Gasteiger partial charge is 0.0801 e. The van der Waals surface area contributed by atoms with Crippen molar-refractivity contribution in [1.29, 1.82) is 0 Å². The van der Waals surface area contributed by atoms with Gasteiger partial charge in [-0.1, -0.05) is 50.3 Å². The average molecular weight is 272 g/mol. The van der Waals surface area contributed by atoms with E-state index in [1.165, 1.54) is 11.1 Å². The Morgan fingerprint density at radius 1 is 1.15 bits per heavy atom. The Morgan fingerprint density at radius 2 is 1.90 bits per heavy atom. The molecule has 0 spiro atoms. The Balaban J connectivity index is 2.31. The molecule has 0 aliphatic heterocycles. The van der Waals surface area contributed by atoms with E-state index in [4.69, 9.17) is 0 Å². The van der Waals surface area contributed by atoms with Crippen LogP contribution in [0.2, 0.25) is 0 Å². The van der Waals surface area contributed by atoms with Gasteiger partial charge >= 0.3 is 0 Å².